The minimum Gasteiger partial charge on any atom is -0.354 e. The third-order valence-corrected chi connectivity index (χ3v) is 4.24. The van der Waals surface area contributed by atoms with Gasteiger partial charge in [-0.1, -0.05) is 0 Å². The molecular weight excluding hydrogens is 280 g/mol. The van der Waals surface area contributed by atoms with Crippen molar-refractivity contribution in [3.05, 3.63) is 35.8 Å². The molecule has 114 valence electrons. The van der Waals surface area contributed by atoms with E-state index in [0.29, 0.717) is 24.1 Å². The molecule has 2 fully saturated rings. The van der Waals surface area contributed by atoms with E-state index < -0.39 is 0 Å². The van der Waals surface area contributed by atoms with E-state index in [1.165, 1.54) is 12.8 Å². The number of H-pyrrole nitrogens is 1. The smallest absolute Gasteiger partial charge is 0.269 e. The summed E-state index contributed by atoms with van der Waals surface area (Å²) in [6.07, 6.45) is 4.07. The van der Waals surface area contributed by atoms with Crippen LogP contribution >= 0.6 is 0 Å². The van der Waals surface area contributed by atoms with Gasteiger partial charge in [0.05, 0.1) is 5.69 Å². The molecule has 2 aromatic heterocycles. The van der Waals surface area contributed by atoms with E-state index in [0.717, 1.165) is 24.6 Å². The van der Waals surface area contributed by atoms with Gasteiger partial charge in [0.2, 0.25) is 0 Å². The zero-order valence-electron chi connectivity index (χ0n) is 12.2. The van der Waals surface area contributed by atoms with Crippen LogP contribution < -0.4 is 10.2 Å². The standard InChI is InChI=1S/C15H18N6O/c22-15(13-5-6-17-18-13)16-7-10-8-21(9-10)14-4-3-12(19-20-14)11-1-2-11/h3-6,10-11H,1-2,7-9H2,(H,16,22)(H,17,18). The van der Waals surface area contributed by atoms with Gasteiger partial charge in [0, 0.05) is 37.7 Å². The van der Waals surface area contributed by atoms with Crippen LogP contribution in [0, 0.1) is 5.92 Å². The van der Waals surface area contributed by atoms with E-state index in [9.17, 15) is 4.79 Å². The number of carbonyl (C=O) groups excluding carboxylic acids is 1. The number of rotatable bonds is 5. The molecular formula is C15H18N6O. The predicted molar refractivity (Wildman–Crippen MR) is 80.6 cm³/mol. The van der Waals surface area contributed by atoms with Crippen molar-refractivity contribution in [2.75, 3.05) is 24.5 Å². The molecule has 0 atom stereocenters. The van der Waals surface area contributed by atoms with E-state index in [1.807, 2.05) is 0 Å². The highest BCUT2D eigenvalue weighted by Crippen LogP contribution is 2.38. The molecule has 22 heavy (non-hydrogen) atoms. The van der Waals surface area contributed by atoms with Gasteiger partial charge in [-0.25, -0.2) is 0 Å². The molecule has 4 rings (SSSR count). The lowest BCUT2D eigenvalue weighted by atomic mass is 10.00. The van der Waals surface area contributed by atoms with Gasteiger partial charge in [-0.15, -0.1) is 5.10 Å². The van der Waals surface area contributed by atoms with Crippen LogP contribution in [0.1, 0.15) is 34.9 Å². The Morgan fingerprint density at radius 1 is 1.27 bits per heavy atom. The minimum atomic E-state index is -0.107. The van der Waals surface area contributed by atoms with Crippen LogP contribution in [-0.2, 0) is 0 Å². The second kappa shape index (κ2) is 5.40. The van der Waals surface area contributed by atoms with Crippen molar-refractivity contribution in [3.63, 3.8) is 0 Å². The van der Waals surface area contributed by atoms with Gasteiger partial charge in [0.1, 0.15) is 5.69 Å². The number of anilines is 1. The lowest BCUT2D eigenvalue weighted by Gasteiger charge is -2.39. The molecule has 7 nitrogen and oxygen atoms in total. The molecule has 0 spiro atoms. The molecule has 7 heteroatoms. The van der Waals surface area contributed by atoms with E-state index in [4.69, 9.17) is 0 Å². The largest absolute Gasteiger partial charge is 0.354 e. The summed E-state index contributed by atoms with van der Waals surface area (Å²) >= 11 is 0. The zero-order valence-corrected chi connectivity index (χ0v) is 12.2. The lowest BCUT2D eigenvalue weighted by Crippen LogP contribution is -2.52. The number of nitrogens with one attached hydrogen (secondary N) is 2. The molecule has 2 aromatic rings. The zero-order chi connectivity index (χ0) is 14.9. The first kappa shape index (κ1) is 13.2. The number of nitrogens with zero attached hydrogens (tertiary/aromatic N) is 4. The monoisotopic (exact) mass is 298 g/mol. The Morgan fingerprint density at radius 3 is 2.77 bits per heavy atom. The van der Waals surface area contributed by atoms with Crippen LogP contribution in [0.15, 0.2) is 24.4 Å². The van der Waals surface area contributed by atoms with Gasteiger partial charge >= 0.3 is 0 Å². The number of aromatic nitrogens is 4. The van der Waals surface area contributed by atoms with Crippen LogP contribution in [0.2, 0.25) is 0 Å². The maximum Gasteiger partial charge on any atom is 0.269 e. The number of carbonyl (C=O) groups is 1. The summed E-state index contributed by atoms with van der Waals surface area (Å²) in [5.74, 6) is 1.92. The first-order valence-electron chi connectivity index (χ1n) is 7.66. The van der Waals surface area contributed by atoms with Crippen molar-refractivity contribution >= 4 is 11.7 Å². The lowest BCUT2D eigenvalue weighted by molar-refractivity contribution is 0.0939. The average Bonchev–Trinajstić information content (AvgIpc) is 3.20. The normalized spacial score (nSPS) is 18.1. The second-order valence-electron chi connectivity index (χ2n) is 6.04. The van der Waals surface area contributed by atoms with Crippen LogP contribution in [0.25, 0.3) is 0 Å². The highest BCUT2D eigenvalue weighted by Gasteiger charge is 2.29. The van der Waals surface area contributed by atoms with Crippen LogP contribution in [0.4, 0.5) is 5.82 Å². The predicted octanol–water partition coefficient (Wildman–Crippen LogP) is 0.943. The van der Waals surface area contributed by atoms with Gasteiger partial charge in [0.25, 0.3) is 5.91 Å². The molecule has 0 aromatic carbocycles. The summed E-state index contributed by atoms with van der Waals surface area (Å²) < 4.78 is 0. The third-order valence-electron chi connectivity index (χ3n) is 4.24. The SMILES string of the molecule is O=C(NCC1CN(c2ccc(C3CC3)nn2)C1)c1ccn[nH]1. The number of hydrogen-bond donors (Lipinski definition) is 2. The maximum atomic E-state index is 11.8. The first-order valence-corrected chi connectivity index (χ1v) is 7.66. The summed E-state index contributed by atoms with van der Waals surface area (Å²) in [6, 6.07) is 5.81. The van der Waals surface area contributed by atoms with Gasteiger partial charge in [0.15, 0.2) is 5.82 Å². The Bertz CT molecular complexity index is 643. The Hall–Kier alpha value is -2.44. The van der Waals surface area contributed by atoms with E-state index >= 15 is 0 Å². The van der Waals surface area contributed by atoms with Gasteiger partial charge in [-0.2, -0.15) is 10.2 Å². The summed E-state index contributed by atoms with van der Waals surface area (Å²) in [4.78, 5) is 14.0. The van der Waals surface area contributed by atoms with Crippen LogP contribution in [-0.4, -0.2) is 45.9 Å². The summed E-state index contributed by atoms with van der Waals surface area (Å²) in [6.45, 7) is 2.48. The molecule has 0 radical (unpaired) electrons. The third kappa shape index (κ3) is 2.66. The highest BCUT2D eigenvalue weighted by molar-refractivity contribution is 5.92. The van der Waals surface area contributed by atoms with E-state index in [1.54, 1.807) is 12.3 Å². The molecule has 2 aliphatic rings. The first-order chi connectivity index (χ1) is 10.8. The van der Waals surface area contributed by atoms with Gasteiger partial charge < -0.3 is 10.2 Å². The maximum absolute atomic E-state index is 11.8. The van der Waals surface area contributed by atoms with Crippen molar-refractivity contribution in [2.24, 2.45) is 5.92 Å². The molecule has 2 N–H and O–H groups in total. The van der Waals surface area contributed by atoms with Crippen LogP contribution in [0.5, 0.6) is 0 Å². The molecule has 0 unspecified atom stereocenters. The molecule has 1 saturated heterocycles. The topological polar surface area (TPSA) is 86.8 Å². The minimum absolute atomic E-state index is 0.107. The van der Waals surface area contributed by atoms with Crippen molar-refractivity contribution in [1.82, 2.24) is 25.7 Å². The fourth-order valence-corrected chi connectivity index (χ4v) is 2.70. The molecule has 0 bridgehead atoms. The molecule has 1 aliphatic heterocycles. The fourth-order valence-electron chi connectivity index (χ4n) is 2.70. The Labute approximate surface area is 128 Å². The van der Waals surface area contributed by atoms with Crippen molar-refractivity contribution in [3.8, 4) is 0 Å². The average molecular weight is 298 g/mol. The van der Waals surface area contributed by atoms with Crippen molar-refractivity contribution < 1.29 is 4.79 Å². The Morgan fingerprint density at radius 2 is 2.14 bits per heavy atom. The summed E-state index contributed by atoms with van der Waals surface area (Å²) in [5.41, 5.74) is 1.62. The molecule has 1 saturated carbocycles. The Kier molecular flexibility index (Phi) is 3.25. The number of amides is 1. The number of aromatic amines is 1. The van der Waals surface area contributed by atoms with Gasteiger partial charge in [-0.3, -0.25) is 9.89 Å². The molecule has 1 amide bonds. The number of hydrogen-bond acceptors (Lipinski definition) is 5. The van der Waals surface area contributed by atoms with Crippen molar-refractivity contribution in [2.45, 2.75) is 18.8 Å². The van der Waals surface area contributed by atoms with Gasteiger partial charge in [-0.05, 0) is 31.0 Å². The fraction of sp³-hybridized carbons (Fsp3) is 0.467. The van der Waals surface area contributed by atoms with Crippen molar-refractivity contribution in [1.29, 1.82) is 0 Å². The quantitative estimate of drug-likeness (QED) is 0.858. The summed E-state index contributed by atoms with van der Waals surface area (Å²) in [7, 11) is 0. The summed E-state index contributed by atoms with van der Waals surface area (Å²) in [5, 5.41) is 18.0. The highest BCUT2D eigenvalue weighted by atomic mass is 16.1. The van der Waals surface area contributed by atoms with Crippen LogP contribution in [0.3, 0.4) is 0 Å². The molecule has 3 heterocycles. The molecule has 1 aliphatic carbocycles. The Balaban J connectivity index is 1.24. The van der Waals surface area contributed by atoms with E-state index in [-0.39, 0.29) is 5.91 Å². The second-order valence-corrected chi connectivity index (χ2v) is 6.04. The van der Waals surface area contributed by atoms with E-state index in [2.05, 4.69) is 42.7 Å².